The Kier molecular flexibility index (Phi) is 6.77. The van der Waals surface area contributed by atoms with Crippen LogP contribution in [0, 0.1) is 0 Å². The van der Waals surface area contributed by atoms with E-state index in [0.717, 1.165) is 16.2 Å². The van der Waals surface area contributed by atoms with Crippen LogP contribution in [-0.4, -0.2) is 46.7 Å². The number of anilines is 1. The summed E-state index contributed by atoms with van der Waals surface area (Å²) in [5.74, 6) is 0.813. The van der Waals surface area contributed by atoms with Crippen molar-refractivity contribution >= 4 is 29.1 Å². The summed E-state index contributed by atoms with van der Waals surface area (Å²) in [7, 11) is 1.61. The predicted molar refractivity (Wildman–Crippen MR) is 128 cm³/mol. The van der Waals surface area contributed by atoms with Gasteiger partial charge in [-0.1, -0.05) is 0 Å². The molecule has 4 aromatic rings. The molecule has 9 nitrogen and oxygen atoms in total. The molecule has 4 rings (SSSR count). The van der Waals surface area contributed by atoms with Crippen LogP contribution in [0.4, 0.5) is 10.6 Å². The topological polar surface area (TPSA) is 124 Å². The SMILES string of the molecule is COc1ccc(-c2cc(C(=O)NCCN)c(-c3cccn3C(=O)Nc3cnccn3)s2)cc1. The van der Waals surface area contributed by atoms with Crippen LogP contribution < -0.4 is 21.1 Å². The van der Waals surface area contributed by atoms with Gasteiger partial charge in [-0.2, -0.15) is 0 Å². The Hall–Kier alpha value is -4.02. The number of carbonyl (C=O) groups is 2. The van der Waals surface area contributed by atoms with Crippen molar-refractivity contribution in [2.24, 2.45) is 5.73 Å². The zero-order valence-corrected chi connectivity index (χ0v) is 18.6. The van der Waals surface area contributed by atoms with E-state index in [1.807, 2.05) is 30.3 Å². The molecule has 4 N–H and O–H groups in total. The van der Waals surface area contributed by atoms with Crippen LogP contribution in [0.15, 0.2) is 67.3 Å². The summed E-state index contributed by atoms with van der Waals surface area (Å²) in [6, 6.07) is 12.5. The summed E-state index contributed by atoms with van der Waals surface area (Å²) in [6.45, 7) is 0.674. The van der Waals surface area contributed by atoms with E-state index in [-0.39, 0.29) is 5.91 Å². The fourth-order valence-electron chi connectivity index (χ4n) is 3.20. The number of carbonyl (C=O) groups excluding carboxylic acids is 2. The van der Waals surface area contributed by atoms with Crippen molar-refractivity contribution < 1.29 is 14.3 Å². The third-order valence-corrected chi connectivity index (χ3v) is 5.99. The van der Waals surface area contributed by atoms with Crippen molar-refractivity contribution in [3.8, 4) is 26.8 Å². The van der Waals surface area contributed by atoms with E-state index in [0.29, 0.717) is 35.0 Å². The van der Waals surface area contributed by atoms with Gasteiger partial charge in [0, 0.05) is 36.6 Å². The number of hydrogen-bond acceptors (Lipinski definition) is 7. The Labute approximate surface area is 194 Å². The highest BCUT2D eigenvalue weighted by Gasteiger charge is 2.22. The van der Waals surface area contributed by atoms with E-state index in [2.05, 4.69) is 20.6 Å². The van der Waals surface area contributed by atoms with Gasteiger partial charge in [0.05, 0.1) is 29.4 Å². The van der Waals surface area contributed by atoms with Crippen molar-refractivity contribution in [3.05, 3.63) is 72.8 Å². The minimum absolute atomic E-state index is 0.256. The molecule has 33 heavy (non-hydrogen) atoms. The Morgan fingerprint density at radius 2 is 2.00 bits per heavy atom. The van der Waals surface area contributed by atoms with Crippen molar-refractivity contribution in [2.75, 3.05) is 25.5 Å². The maximum absolute atomic E-state index is 12.9. The highest BCUT2D eigenvalue weighted by Crippen LogP contribution is 2.39. The summed E-state index contributed by atoms with van der Waals surface area (Å²) < 4.78 is 6.68. The lowest BCUT2D eigenvalue weighted by molar-refractivity contribution is 0.0955. The molecule has 0 saturated carbocycles. The van der Waals surface area contributed by atoms with Crippen LogP contribution in [0.1, 0.15) is 10.4 Å². The molecule has 0 spiro atoms. The number of hydrogen-bond donors (Lipinski definition) is 3. The summed E-state index contributed by atoms with van der Waals surface area (Å²) in [5, 5.41) is 5.53. The first-order valence-electron chi connectivity index (χ1n) is 10.1. The first-order valence-corrected chi connectivity index (χ1v) is 10.9. The van der Waals surface area contributed by atoms with E-state index < -0.39 is 6.03 Å². The Morgan fingerprint density at radius 3 is 2.70 bits per heavy atom. The van der Waals surface area contributed by atoms with E-state index in [9.17, 15) is 9.59 Å². The number of ether oxygens (including phenoxy) is 1. The number of nitrogens with two attached hydrogens (primary N) is 1. The maximum atomic E-state index is 12.9. The lowest BCUT2D eigenvalue weighted by Crippen LogP contribution is -2.29. The molecule has 0 bridgehead atoms. The van der Waals surface area contributed by atoms with Crippen LogP contribution in [0.2, 0.25) is 0 Å². The van der Waals surface area contributed by atoms with Gasteiger partial charge in [-0.05, 0) is 48.0 Å². The zero-order chi connectivity index (χ0) is 23.2. The van der Waals surface area contributed by atoms with Gasteiger partial charge in [-0.15, -0.1) is 11.3 Å². The van der Waals surface area contributed by atoms with Crippen LogP contribution in [0.3, 0.4) is 0 Å². The molecule has 0 unspecified atom stereocenters. The van der Waals surface area contributed by atoms with Gasteiger partial charge in [-0.25, -0.2) is 9.78 Å². The summed E-state index contributed by atoms with van der Waals surface area (Å²) in [4.78, 5) is 35.4. The summed E-state index contributed by atoms with van der Waals surface area (Å²) in [5.41, 5.74) is 7.54. The van der Waals surface area contributed by atoms with Gasteiger partial charge in [0.1, 0.15) is 5.75 Å². The molecule has 2 amide bonds. The number of amides is 2. The van der Waals surface area contributed by atoms with Crippen molar-refractivity contribution in [1.82, 2.24) is 19.9 Å². The number of methoxy groups -OCH3 is 1. The third-order valence-electron chi connectivity index (χ3n) is 4.78. The fourth-order valence-corrected chi connectivity index (χ4v) is 4.39. The van der Waals surface area contributed by atoms with Gasteiger partial charge in [-0.3, -0.25) is 19.7 Å². The first kappa shape index (κ1) is 22.2. The Morgan fingerprint density at radius 1 is 1.18 bits per heavy atom. The second kappa shape index (κ2) is 10.1. The lowest BCUT2D eigenvalue weighted by atomic mass is 10.1. The molecule has 3 aromatic heterocycles. The molecule has 0 atom stereocenters. The van der Waals surface area contributed by atoms with Crippen molar-refractivity contribution in [2.45, 2.75) is 0 Å². The monoisotopic (exact) mass is 462 g/mol. The van der Waals surface area contributed by atoms with Crippen LogP contribution in [0.25, 0.3) is 21.0 Å². The Balaban J connectivity index is 1.73. The largest absolute Gasteiger partial charge is 0.497 e. The van der Waals surface area contributed by atoms with E-state index in [1.165, 1.54) is 34.5 Å². The van der Waals surface area contributed by atoms with Gasteiger partial charge >= 0.3 is 6.03 Å². The van der Waals surface area contributed by atoms with E-state index in [4.69, 9.17) is 10.5 Å². The smallest absolute Gasteiger partial charge is 0.331 e. The Bertz CT molecular complexity index is 1250. The number of aromatic nitrogens is 3. The standard InChI is InChI=1S/C23H22N6O3S/c1-32-16-6-4-15(5-7-16)19-13-17(22(30)27-9-8-24)21(33-19)18-3-2-12-29(18)23(31)28-20-14-25-10-11-26-20/h2-7,10-14H,8-9,24H2,1H3,(H,27,30)(H,26,28,31). The quantitative estimate of drug-likeness (QED) is 0.386. The maximum Gasteiger partial charge on any atom is 0.331 e. The highest BCUT2D eigenvalue weighted by molar-refractivity contribution is 7.19. The second-order valence-corrected chi connectivity index (χ2v) is 7.96. The molecule has 1 aromatic carbocycles. The second-order valence-electron chi connectivity index (χ2n) is 6.91. The lowest BCUT2D eigenvalue weighted by Gasteiger charge is -2.10. The third kappa shape index (κ3) is 4.92. The number of nitrogens with zero attached hydrogens (tertiary/aromatic N) is 3. The molecule has 10 heteroatoms. The minimum atomic E-state index is -0.414. The zero-order valence-electron chi connectivity index (χ0n) is 17.8. The first-order chi connectivity index (χ1) is 16.1. The van der Waals surface area contributed by atoms with Crippen LogP contribution in [-0.2, 0) is 0 Å². The normalized spacial score (nSPS) is 10.6. The number of nitrogens with one attached hydrogen (secondary N) is 2. The molecule has 0 radical (unpaired) electrons. The molecule has 168 valence electrons. The van der Waals surface area contributed by atoms with Crippen molar-refractivity contribution in [1.29, 1.82) is 0 Å². The average Bonchev–Trinajstić information content (AvgIpc) is 3.51. The molecule has 0 fully saturated rings. The molecular formula is C23H22N6O3S. The van der Waals surface area contributed by atoms with Crippen molar-refractivity contribution in [3.63, 3.8) is 0 Å². The van der Waals surface area contributed by atoms with Gasteiger partial charge in [0.2, 0.25) is 0 Å². The summed E-state index contributed by atoms with van der Waals surface area (Å²) >= 11 is 1.42. The number of benzene rings is 1. The molecule has 0 saturated heterocycles. The molecule has 0 aliphatic rings. The molecule has 3 heterocycles. The highest BCUT2D eigenvalue weighted by atomic mass is 32.1. The molecular weight excluding hydrogens is 440 g/mol. The number of thiophene rings is 1. The van der Waals surface area contributed by atoms with Gasteiger partial charge in [0.15, 0.2) is 5.82 Å². The van der Waals surface area contributed by atoms with E-state index >= 15 is 0 Å². The predicted octanol–water partition coefficient (Wildman–Crippen LogP) is 3.45. The average molecular weight is 463 g/mol. The van der Waals surface area contributed by atoms with Crippen LogP contribution >= 0.6 is 11.3 Å². The van der Waals surface area contributed by atoms with Crippen LogP contribution in [0.5, 0.6) is 5.75 Å². The van der Waals surface area contributed by atoms with Gasteiger partial charge < -0.3 is 15.8 Å². The fraction of sp³-hybridized carbons (Fsp3) is 0.130. The van der Waals surface area contributed by atoms with Gasteiger partial charge in [0.25, 0.3) is 5.91 Å². The molecule has 0 aliphatic heterocycles. The van der Waals surface area contributed by atoms with E-state index in [1.54, 1.807) is 25.4 Å². The number of rotatable bonds is 7. The summed E-state index contributed by atoms with van der Waals surface area (Å²) in [6.07, 6.45) is 6.11. The molecule has 0 aliphatic carbocycles. The minimum Gasteiger partial charge on any atom is -0.497 e.